The standard InChI is InChI=1S/C14H19NO4/c16-13(11-19-12-7-3-1-4-8-12)15-10-6-2-5-9-14(17)18/h1,3-4,7-8H,2,5-6,9-11H2,(H,15,16)(H,17,18). The van der Waals surface area contributed by atoms with E-state index in [0.29, 0.717) is 18.7 Å². The van der Waals surface area contributed by atoms with E-state index in [4.69, 9.17) is 9.84 Å². The van der Waals surface area contributed by atoms with Crippen LogP contribution in [0.3, 0.4) is 0 Å². The smallest absolute Gasteiger partial charge is 0.303 e. The summed E-state index contributed by atoms with van der Waals surface area (Å²) in [5, 5.41) is 11.2. The first kappa shape index (κ1) is 15.0. The Labute approximate surface area is 112 Å². The second kappa shape index (κ2) is 8.97. The number of benzene rings is 1. The Morgan fingerprint density at radius 3 is 2.53 bits per heavy atom. The normalized spacial score (nSPS) is 9.89. The Bertz CT molecular complexity index is 392. The van der Waals surface area contributed by atoms with Crippen molar-refractivity contribution in [2.45, 2.75) is 25.7 Å². The third-order valence-corrected chi connectivity index (χ3v) is 2.50. The van der Waals surface area contributed by atoms with Crippen molar-refractivity contribution in [2.24, 2.45) is 0 Å². The lowest BCUT2D eigenvalue weighted by atomic mass is 10.2. The van der Waals surface area contributed by atoms with E-state index >= 15 is 0 Å². The third-order valence-electron chi connectivity index (χ3n) is 2.50. The maximum Gasteiger partial charge on any atom is 0.303 e. The van der Waals surface area contributed by atoms with Gasteiger partial charge in [-0.3, -0.25) is 9.59 Å². The lowest BCUT2D eigenvalue weighted by Gasteiger charge is -2.07. The first-order chi connectivity index (χ1) is 9.18. The van der Waals surface area contributed by atoms with Crippen LogP contribution in [0, 0.1) is 0 Å². The van der Waals surface area contributed by atoms with Gasteiger partial charge in [0, 0.05) is 13.0 Å². The Hall–Kier alpha value is -2.04. The first-order valence-corrected chi connectivity index (χ1v) is 6.35. The molecule has 0 aliphatic carbocycles. The molecule has 19 heavy (non-hydrogen) atoms. The maximum absolute atomic E-state index is 11.4. The van der Waals surface area contributed by atoms with Crippen molar-refractivity contribution in [3.63, 3.8) is 0 Å². The number of aliphatic carboxylic acids is 1. The molecule has 1 aromatic carbocycles. The number of carbonyl (C=O) groups excluding carboxylic acids is 1. The van der Waals surface area contributed by atoms with Gasteiger partial charge in [0.25, 0.3) is 5.91 Å². The SMILES string of the molecule is O=C(O)CCCCCNC(=O)COc1ccccc1. The molecule has 5 nitrogen and oxygen atoms in total. The van der Waals surface area contributed by atoms with Gasteiger partial charge < -0.3 is 15.2 Å². The van der Waals surface area contributed by atoms with Gasteiger partial charge in [-0.15, -0.1) is 0 Å². The molecule has 5 heteroatoms. The highest BCUT2D eigenvalue weighted by Crippen LogP contribution is 2.07. The van der Waals surface area contributed by atoms with Crippen LogP contribution in [0.1, 0.15) is 25.7 Å². The number of amides is 1. The van der Waals surface area contributed by atoms with Crippen LogP contribution in [0.5, 0.6) is 5.75 Å². The molecular weight excluding hydrogens is 246 g/mol. The van der Waals surface area contributed by atoms with Gasteiger partial charge in [0.15, 0.2) is 6.61 Å². The maximum atomic E-state index is 11.4. The van der Waals surface area contributed by atoms with Crippen molar-refractivity contribution < 1.29 is 19.4 Å². The predicted molar refractivity (Wildman–Crippen MR) is 71.1 cm³/mol. The molecule has 0 saturated heterocycles. The summed E-state index contributed by atoms with van der Waals surface area (Å²) in [5.74, 6) is -0.276. The molecule has 1 amide bonds. The van der Waals surface area contributed by atoms with E-state index in [1.54, 1.807) is 12.1 Å². The van der Waals surface area contributed by atoms with Gasteiger partial charge in [-0.25, -0.2) is 0 Å². The molecule has 0 atom stereocenters. The van der Waals surface area contributed by atoms with Crippen LogP contribution < -0.4 is 10.1 Å². The topological polar surface area (TPSA) is 75.6 Å². The van der Waals surface area contributed by atoms with Gasteiger partial charge in [0.1, 0.15) is 5.75 Å². The average Bonchev–Trinajstić information content (AvgIpc) is 2.41. The van der Waals surface area contributed by atoms with Crippen LogP contribution in [-0.2, 0) is 9.59 Å². The molecule has 0 bridgehead atoms. The van der Waals surface area contributed by atoms with E-state index < -0.39 is 5.97 Å². The van der Waals surface area contributed by atoms with E-state index in [2.05, 4.69) is 5.32 Å². The summed E-state index contributed by atoms with van der Waals surface area (Å²) in [6, 6.07) is 9.15. The molecule has 0 saturated carbocycles. The van der Waals surface area contributed by atoms with E-state index in [1.807, 2.05) is 18.2 Å². The fraction of sp³-hybridized carbons (Fsp3) is 0.429. The van der Waals surface area contributed by atoms with E-state index in [1.165, 1.54) is 0 Å². The highest BCUT2D eigenvalue weighted by atomic mass is 16.5. The summed E-state index contributed by atoms with van der Waals surface area (Å²) in [5.41, 5.74) is 0. The summed E-state index contributed by atoms with van der Waals surface area (Å²) in [4.78, 5) is 21.7. The number of carboxylic acid groups (broad SMARTS) is 1. The Morgan fingerprint density at radius 2 is 1.84 bits per heavy atom. The zero-order valence-corrected chi connectivity index (χ0v) is 10.8. The highest BCUT2D eigenvalue weighted by molar-refractivity contribution is 5.77. The second-order valence-electron chi connectivity index (χ2n) is 4.16. The quantitative estimate of drug-likeness (QED) is 0.668. The van der Waals surface area contributed by atoms with E-state index in [9.17, 15) is 9.59 Å². The third kappa shape index (κ3) is 7.81. The second-order valence-corrected chi connectivity index (χ2v) is 4.16. The van der Waals surface area contributed by atoms with Gasteiger partial charge >= 0.3 is 5.97 Å². The zero-order valence-electron chi connectivity index (χ0n) is 10.8. The minimum Gasteiger partial charge on any atom is -0.484 e. The fourth-order valence-electron chi connectivity index (χ4n) is 1.52. The number of para-hydroxylation sites is 1. The largest absolute Gasteiger partial charge is 0.484 e. The Balaban J connectivity index is 2.01. The summed E-state index contributed by atoms with van der Waals surface area (Å²) in [6.07, 6.45) is 2.41. The monoisotopic (exact) mass is 265 g/mol. The number of rotatable bonds is 9. The van der Waals surface area contributed by atoms with Crippen LogP contribution in [0.4, 0.5) is 0 Å². The van der Waals surface area contributed by atoms with E-state index in [-0.39, 0.29) is 18.9 Å². The molecule has 0 aromatic heterocycles. The van der Waals surface area contributed by atoms with Gasteiger partial charge in [0.05, 0.1) is 0 Å². The summed E-state index contributed by atoms with van der Waals surface area (Å²) in [7, 11) is 0. The molecule has 2 N–H and O–H groups in total. The molecule has 0 aliphatic heterocycles. The van der Waals surface area contributed by atoms with Crippen molar-refractivity contribution in [1.29, 1.82) is 0 Å². The fourth-order valence-corrected chi connectivity index (χ4v) is 1.52. The van der Waals surface area contributed by atoms with Gasteiger partial charge in [-0.1, -0.05) is 24.6 Å². The number of nitrogens with one attached hydrogen (secondary N) is 1. The lowest BCUT2D eigenvalue weighted by molar-refractivity contribution is -0.137. The van der Waals surface area contributed by atoms with E-state index in [0.717, 1.165) is 12.8 Å². The number of carboxylic acids is 1. The molecule has 0 spiro atoms. The highest BCUT2D eigenvalue weighted by Gasteiger charge is 2.02. The number of carbonyl (C=O) groups is 2. The Kier molecular flexibility index (Phi) is 7.09. The molecule has 104 valence electrons. The molecule has 1 rings (SSSR count). The molecule has 0 unspecified atom stereocenters. The van der Waals surface area contributed by atoms with Crippen molar-refractivity contribution >= 4 is 11.9 Å². The summed E-state index contributed by atoms with van der Waals surface area (Å²) in [6.45, 7) is 0.551. The van der Waals surface area contributed by atoms with Crippen LogP contribution in [0.2, 0.25) is 0 Å². The van der Waals surface area contributed by atoms with Gasteiger partial charge in [0.2, 0.25) is 0 Å². The van der Waals surface area contributed by atoms with Gasteiger partial charge in [-0.05, 0) is 25.0 Å². The first-order valence-electron chi connectivity index (χ1n) is 6.35. The number of hydrogen-bond donors (Lipinski definition) is 2. The molecule has 1 aromatic rings. The predicted octanol–water partition coefficient (Wildman–Crippen LogP) is 1.83. The van der Waals surface area contributed by atoms with Crippen LogP contribution in [0.25, 0.3) is 0 Å². The zero-order chi connectivity index (χ0) is 13.9. The van der Waals surface area contributed by atoms with Crippen molar-refractivity contribution in [3.05, 3.63) is 30.3 Å². The van der Waals surface area contributed by atoms with Crippen LogP contribution >= 0.6 is 0 Å². The molecule has 0 aliphatic rings. The van der Waals surface area contributed by atoms with Crippen molar-refractivity contribution in [1.82, 2.24) is 5.32 Å². The number of ether oxygens (including phenoxy) is 1. The van der Waals surface area contributed by atoms with Crippen molar-refractivity contribution in [3.8, 4) is 5.75 Å². The number of hydrogen-bond acceptors (Lipinski definition) is 3. The summed E-state index contributed by atoms with van der Waals surface area (Å²) < 4.78 is 5.29. The molecule has 0 heterocycles. The minimum absolute atomic E-state index is 0.000854. The number of unbranched alkanes of at least 4 members (excludes halogenated alkanes) is 2. The molecular formula is C14H19NO4. The Morgan fingerprint density at radius 1 is 1.11 bits per heavy atom. The molecule has 0 radical (unpaired) electrons. The van der Waals surface area contributed by atoms with Crippen molar-refractivity contribution in [2.75, 3.05) is 13.2 Å². The molecule has 0 fully saturated rings. The van der Waals surface area contributed by atoms with Gasteiger partial charge in [-0.2, -0.15) is 0 Å². The average molecular weight is 265 g/mol. The lowest BCUT2D eigenvalue weighted by Crippen LogP contribution is -2.29. The van der Waals surface area contributed by atoms with Crippen LogP contribution in [-0.4, -0.2) is 30.1 Å². The summed E-state index contributed by atoms with van der Waals surface area (Å²) >= 11 is 0. The minimum atomic E-state index is -0.778. The van der Waals surface area contributed by atoms with Crippen LogP contribution in [0.15, 0.2) is 30.3 Å².